The van der Waals surface area contributed by atoms with Crippen LogP contribution in [-0.2, 0) is 0 Å². The summed E-state index contributed by atoms with van der Waals surface area (Å²) in [4.78, 5) is 27.1. The number of hydrogen-bond acceptors (Lipinski definition) is 3. The molecule has 5 aliphatic rings. The van der Waals surface area contributed by atoms with Crippen LogP contribution in [0.4, 0.5) is 0 Å². The summed E-state index contributed by atoms with van der Waals surface area (Å²) in [7, 11) is 0. The highest BCUT2D eigenvalue weighted by molar-refractivity contribution is 6.21. The van der Waals surface area contributed by atoms with Gasteiger partial charge in [-0.3, -0.25) is 14.5 Å². The average molecular weight is 297 g/mol. The third-order valence-corrected chi connectivity index (χ3v) is 6.48. The van der Waals surface area contributed by atoms with Crippen molar-refractivity contribution in [2.24, 2.45) is 23.7 Å². The van der Waals surface area contributed by atoms with Crippen LogP contribution in [0.15, 0.2) is 24.3 Å². The highest BCUT2D eigenvalue weighted by Crippen LogP contribution is 2.55. The molecule has 1 aromatic carbocycles. The lowest BCUT2D eigenvalue weighted by atomic mass is 9.52. The standard InChI is InChI=1S/C18H19NO3/c20-16-11-5-9-6-12(16)8-10(7-11)15(9)19-17(21)13-3-1-2-4-14(13)18(19)22/h1-4,9-12,15-16,20H,5-8H2. The van der Waals surface area contributed by atoms with Gasteiger partial charge in [0.25, 0.3) is 11.8 Å². The van der Waals surface area contributed by atoms with Crippen molar-refractivity contribution in [3.63, 3.8) is 0 Å². The van der Waals surface area contributed by atoms with E-state index in [-0.39, 0.29) is 24.0 Å². The van der Waals surface area contributed by atoms with Gasteiger partial charge in [0, 0.05) is 6.04 Å². The number of carbonyl (C=O) groups is 2. The molecule has 0 aromatic heterocycles. The number of amides is 2. The van der Waals surface area contributed by atoms with E-state index in [4.69, 9.17) is 0 Å². The average Bonchev–Trinajstić information content (AvgIpc) is 2.76. The SMILES string of the molecule is O=C1c2ccccc2C(=O)N1C1C2CC3CC1CC(C2)C3O. The molecule has 22 heavy (non-hydrogen) atoms. The number of fused-ring (bicyclic) bond motifs is 1. The summed E-state index contributed by atoms with van der Waals surface area (Å²) in [5.41, 5.74) is 1.11. The first-order chi connectivity index (χ1) is 10.6. The van der Waals surface area contributed by atoms with Crippen LogP contribution >= 0.6 is 0 Å². The van der Waals surface area contributed by atoms with Crippen LogP contribution in [0, 0.1) is 23.7 Å². The van der Waals surface area contributed by atoms with Crippen molar-refractivity contribution in [1.82, 2.24) is 4.90 Å². The quantitative estimate of drug-likeness (QED) is 0.807. The highest BCUT2D eigenvalue weighted by Gasteiger charge is 2.57. The summed E-state index contributed by atoms with van der Waals surface area (Å²) in [6, 6.07) is 7.21. The van der Waals surface area contributed by atoms with Crippen molar-refractivity contribution in [2.45, 2.75) is 37.8 Å². The second kappa shape index (κ2) is 4.19. The molecular formula is C18H19NO3. The van der Waals surface area contributed by atoms with Crippen molar-refractivity contribution in [3.8, 4) is 0 Å². The van der Waals surface area contributed by atoms with E-state index in [1.807, 2.05) is 12.1 Å². The summed E-state index contributed by atoms with van der Waals surface area (Å²) in [6.07, 6.45) is 3.70. The van der Waals surface area contributed by atoms with Crippen molar-refractivity contribution < 1.29 is 14.7 Å². The molecule has 1 aromatic rings. The zero-order valence-corrected chi connectivity index (χ0v) is 12.3. The van der Waals surface area contributed by atoms with E-state index >= 15 is 0 Å². The Kier molecular flexibility index (Phi) is 2.44. The Morgan fingerprint density at radius 1 is 0.818 bits per heavy atom. The molecule has 1 heterocycles. The first kappa shape index (κ1) is 12.8. The van der Waals surface area contributed by atoms with Crippen LogP contribution in [0.3, 0.4) is 0 Å². The van der Waals surface area contributed by atoms with Crippen LogP contribution in [0.1, 0.15) is 46.4 Å². The van der Waals surface area contributed by atoms with Crippen LogP contribution in [-0.4, -0.2) is 34.0 Å². The Labute approximate surface area is 129 Å². The second-order valence-electron chi connectivity index (χ2n) is 7.49. The van der Waals surface area contributed by atoms with Crippen LogP contribution in [0.25, 0.3) is 0 Å². The topological polar surface area (TPSA) is 57.6 Å². The van der Waals surface area contributed by atoms with Gasteiger partial charge >= 0.3 is 0 Å². The van der Waals surface area contributed by atoms with Crippen LogP contribution in [0.2, 0.25) is 0 Å². The summed E-state index contributed by atoms with van der Waals surface area (Å²) in [6.45, 7) is 0. The minimum atomic E-state index is -0.157. The van der Waals surface area contributed by atoms with E-state index in [9.17, 15) is 14.7 Å². The molecule has 0 radical (unpaired) electrons. The van der Waals surface area contributed by atoms with Gasteiger partial charge in [-0.25, -0.2) is 0 Å². The minimum Gasteiger partial charge on any atom is -0.393 e. The molecule has 1 N–H and O–H groups in total. The summed E-state index contributed by atoms with van der Waals surface area (Å²) < 4.78 is 0. The Bertz CT molecular complexity index is 618. The van der Waals surface area contributed by atoms with E-state index in [0.29, 0.717) is 34.8 Å². The van der Waals surface area contributed by atoms with Gasteiger partial charge in [0.2, 0.25) is 0 Å². The number of hydrogen-bond donors (Lipinski definition) is 1. The lowest BCUT2D eigenvalue weighted by molar-refractivity contribution is -0.121. The Hall–Kier alpha value is -1.68. The molecule has 114 valence electrons. The molecule has 4 heteroatoms. The Morgan fingerprint density at radius 2 is 1.27 bits per heavy atom. The predicted octanol–water partition coefficient (Wildman–Crippen LogP) is 2.08. The first-order valence-electron chi connectivity index (χ1n) is 8.30. The first-order valence-corrected chi connectivity index (χ1v) is 8.30. The number of aliphatic hydroxyl groups is 1. The van der Waals surface area contributed by atoms with Crippen LogP contribution < -0.4 is 0 Å². The fraction of sp³-hybridized carbons (Fsp3) is 0.556. The van der Waals surface area contributed by atoms with E-state index < -0.39 is 0 Å². The fourth-order valence-electron chi connectivity index (χ4n) is 5.73. The maximum Gasteiger partial charge on any atom is 0.261 e. The number of nitrogens with zero attached hydrogens (tertiary/aromatic N) is 1. The van der Waals surface area contributed by atoms with Crippen molar-refractivity contribution in [1.29, 1.82) is 0 Å². The van der Waals surface area contributed by atoms with Gasteiger partial charge in [0.05, 0.1) is 17.2 Å². The molecule has 6 rings (SSSR count). The third kappa shape index (κ3) is 1.46. The molecule has 4 nitrogen and oxygen atoms in total. The monoisotopic (exact) mass is 297 g/mol. The number of aliphatic hydroxyl groups excluding tert-OH is 1. The second-order valence-corrected chi connectivity index (χ2v) is 7.49. The number of carbonyl (C=O) groups excluding carboxylic acids is 2. The Morgan fingerprint density at radius 3 is 1.73 bits per heavy atom. The molecule has 4 bridgehead atoms. The van der Waals surface area contributed by atoms with Crippen molar-refractivity contribution in [3.05, 3.63) is 35.4 Å². The zero-order chi connectivity index (χ0) is 15.0. The van der Waals surface area contributed by atoms with Gasteiger partial charge in [0.1, 0.15) is 0 Å². The molecule has 0 saturated heterocycles. The smallest absolute Gasteiger partial charge is 0.261 e. The van der Waals surface area contributed by atoms with Crippen molar-refractivity contribution >= 4 is 11.8 Å². The molecule has 4 saturated carbocycles. The normalized spacial score (nSPS) is 42.1. The number of rotatable bonds is 1. The van der Waals surface area contributed by atoms with Gasteiger partial charge in [-0.15, -0.1) is 0 Å². The van der Waals surface area contributed by atoms with E-state index in [1.54, 1.807) is 17.0 Å². The molecule has 0 atom stereocenters. The van der Waals surface area contributed by atoms with E-state index in [2.05, 4.69) is 0 Å². The van der Waals surface area contributed by atoms with E-state index in [0.717, 1.165) is 25.7 Å². The lowest BCUT2D eigenvalue weighted by Crippen LogP contribution is -2.61. The summed E-state index contributed by atoms with van der Waals surface area (Å²) in [5.74, 6) is 1.31. The summed E-state index contributed by atoms with van der Waals surface area (Å²) >= 11 is 0. The minimum absolute atomic E-state index is 0.0485. The van der Waals surface area contributed by atoms with Gasteiger partial charge < -0.3 is 5.11 Å². The van der Waals surface area contributed by atoms with Crippen molar-refractivity contribution in [2.75, 3.05) is 0 Å². The third-order valence-electron chi connectivity index (χ3n) is 6.48. The van der Waals surface area contributed by atoms with Crippen LogP contribution in [0.5, 0.6) is 0 Å². The lowest BCUT2D eigenvalue weighted by Gasteiger charge is -2.57. The molecule has 0 spiro atoms. The maximum atomic E-state index is 12.8. The molecule has 0 unspecified atom stereocenters. The molecule has 1 aliphatic heterocycles. The zero-order valence-electron chi connectivity index (χ0n) is 12.3. The fourth-order valence-corrected chi connectivity index (χ4v) is 5.73. The molecule has 2 amide bonds. The van der Waals surface area contributed by atoms with Gasteiger partial charge in [0.15, 0.2) is 0 Å². The highest BCUT2D eigenvalue weighted by atomic mass is 16.3. The van der Waals surface area contributed by atoms with E-state index in [1.165, 1.54) is 0 Å². The maximum absolute atomic E-state index is 12.8. The number of benzene rings is 1. The van der Waals surface area contributed by atoms with Gasteiger partial charge in [-0.1, -0.05) is 12.1 Å². The Balaban J connectivity index is 1.52. The van der Waals surface area contributed by atoms with Gasteiger partial charge in [-0.2, -0.15) is 0 Å². The largest absolute Gasteiger partial charge is 0.393 e. The molecular weight excluding hydrogens is 278 g/mol. The predicted molar refractivity (Wildman–Crippen MR) is 79.2 cm³/mol. The number of imide groups is 1. The summed E-state index contributed by atoms with van der Waals surface area (Å²) in [5, 5.41) is 10.3. The molecule has 4 aliphatic carbocycles. The van der Waals surface area contributed by atoms with Gasteiger partial charge in [-0.05, 0) is 61.5 Å². The molecule has 4 fully saturated rings.